The number of carbonyl (C=O) groups is 1. The van der Waals surface area contributed by atoms with Crippen molar-refractivity contribution in [3.8, 4) is 0 Å². The Morgan fingerprint density at radius 1 is 1.03 bits per heavy atom. The highest BCUT2D eigenvalue weighted by atomic mass is 35.5. The number of aryl methyl sites for hydroxylation is 1. The Kier molecular flexibility index (Phi) is 6.81. The van der Waals surface area contributed by atoms with Gasteiger partial charge in [-0.2, -0.15) is 0 Å². The van der Waals surface area contributed by atoms with Crippen LogP contribution in [0.4, 0.5) is 16.2 Å². The van der Waals surface area contributed by atoms with E-state index in [1.54, 1.807) is 37.5 Å². The Morgan fingerprint density at radius 3 is 2.40 bits per heavy atom. The first-order valence-electron chi connectivity index (χ1n) is 8.77. The number of nitrogens with zero attached hydrogens (tertiary/aromatic N) is 1. The van der Waals surface area contributed by atoms with Crippen LogP contribution in [0, 0.1) is 6.92 Å². The number of amides is 2. The minimum Gasteiger partial charge on any atom is -0.334 e. The summed E-state index contributed by atoms with van der Waals surface area (Å²) in [5, 5.41) is 5.80. The summed E-state index contributed by atoms with van der Waals surface area (Å²) in [5.74, 6) is 0. The Labute approximate surface area is 184 Å². The molecular weight excluding hydrogens is 447 g/mol. The molecule has 30 heavy (non-hydrogen) atoms. The first-order valence-corrected chi connectivity index (χ1v) is 11.0. The summed E-state index contributed by atoms with van der Waals surface area (Å²) in [5.41, 5.74) is 2.29. The molecule has 0 aliphatic carbocycles. The normalized spacial score (nSPS) is 11.0. The fraction of sp³-hybridized carbons (Fsp3) is 0.100. The lowest BCUT2D eigenvalue weighted by atomic mass is 10.2. The van der Waals surface area contributed by atoms with Crippen LogP contribution in [0.5, 0.6) is 0 Å². The molecule has 0 fully saturated rings. The minimum atomic E-state index is -3.90. The number of hydrogen-bond donors (Lipinski definition) is 3. The highest BCUT2D eigenvalue weighted by molar-refractivity contribution is 7.92. The maximum atomic E-state index is 12.6. The van der Waals surface area contributed by atoms with E-state index in [1.807, 2.05) is 6.07 Å². The van der Waals surface area contributed by atoms with E-state index in [2.05, 4.69) is 20.3 Å². The predicted octanol–water partition coefficient (Wildman–Crippen LogP) is 4.82. The van der Waals surface area contributed by atoms with E-state index in [9.17, 15) is 13.2 Å². The molecule has 156 valence electrons. The van der Waals surface area contributed by atoms with Gasteiger partial charge in [0, 0.05) is 35.3 Å². The molecular formula is C20H18Cl2N4O3S. The quantitative estimate of drug-likeness (QED) is 0.486. The third kappa shape index (κ3) is 5.63. The number of nitrogens with one attached hydrogen (secondary N) is 3. The molecule has 1 heterocycles. The summed E-state index contributed by atoms with van der Waals surface area (Å²) in [7, 11) is -3.90. The number of benzene rings is 2. The molecule has 3 aromatic rings. The van der Waals surface area contributed by atoms with Gasteiger partial charge in [0.2, 0.25) is 0 Å². The van der Waals surface area contributed by atoms with Gasteiger partial charge in [0.05, 0.1) is 5.02 Å². The maximum absolute atomic E-state index is 12.6. The minimum absolute atomic E-state index is 0.0293. The molecule has 2 amide bonds. The second kappa shape index (κ2) is 9.34. The standard InChI is InChI=1S/C20H18Cl2N4O3S/c1-13-9-19(18(22)10-17(13)21)30(28,29)26-16-6-4-15(5-7-16)25-20(27)24-12-14-3-2-8-23-11-14/h2-11,26H,12H2,1H3,(H2,24,25,27). The van der Waals surface area contributed by atoms with Gasteiger partial charge in [0.25, 0.3) is 10.0 Å². The molecule has 1 aromatic heterocycles. The van der Waals surface area contributed by atoms with Crippen LogP contribution in [-0.4, -0.2) is 19.4 Å². The zero-order valence-corrected chi connectivity index (χ0v) is 18.1. The second-order valence-electron chi connectivity index (χ2n) is 6.38. The zero-order chi connectivity index (χ0) is 21.7. The molecule has 0 unspecified atom stereocenters. The molecule has 3 rings (SSSR count). The average Bonchev–Trinajstić information content (AvgIpc) is 2.71. The van der Waals surface area contributed by atoms with Crippen LogP contribution < -0.4 is 15.4 Å². The van der Waals surface area contributed by atoms with Gasteiger partial charge >= 0.3 is 6.03 Å². The van der Waals surface area contributed by atoms with Crippen LogP contribution in [0.1, 0.15) is 11.1 Å². The van der Waals surface area contributed by atoms with Gasteiger partial charge in [-0.15, -0.1) is 0 Å². The van der Waals surface area contributed by atoms with Crippen molar-refractivity contribution in [3.63, 3.8) is 0 Å². The number of urea groups is 1. The maximum Gasteiger partial charge on any atom is 0.319 e. The third-order valence-corrected chi connectivity index (χ3v) is 6.33. The summed E-state index contributed by atoms with van der Waals surface area (Å²) in [6, 6.07) is 12.3. The lowest BCUT2D eigenvalue weighted by Gasteiger charge is -2.12. The van der Waals surface area contributed by atoms with Gasteiger partial charge in [-0.3, -0.25) is 9.71 Å². The number of hydrogen-bond acceptors (Lipinski definition) is 4. The summed E-state index contributed by atoms with van der Waals surface area (Å²) >= 11 is 12.0. The lowest BCUT2D eigenvalue weighted by Crippen LogP contribution is -2.28. The number of halogens is 2. The summed E-state index contributed by atoms with van der Waals surface area (Å²) in [6.07, 6.45) is 3.32. The van der Waals surface area contributed by atoms with E-state index in [0.717, 1.165) is 5.56 Å². The smallest absolute Gasteiger partial charge is 0.319 e. The monoisotopic (exact) mass is 464 g/mol. The van der Waals surface area contributed by atoms with Gasteiger partial charge in [-0.05, 0) is 60.5 Å². The van der Waals surface area contributed by atoms with Gasteiger partial charge < -0.3 is 10.6 Å². The summed E-state index contributed by atoms with van der Waals surface area (Å²) in [6.45, 7) is 2.02. The summed E-state index contributed by atoms with van der Waals surface area (Å²) < 4.78 is 27.7. The highest BCUT2D eigenvalue weighted by Gasteiger charge is 2.19. The van der Waals surface area contributed by atoms with Crippen LogP contribution in [0.25, 0.3) is 0 Å². The number of anilines is 2. The Morgan fingerprint density at radius 2 is 1.73 bits per heavy atom. The second-order valence-corrected chi connectivity index (χ2v) is 8.85. The molecule has 0 atom stereocenters. The van der Waals surface area contributed by atoms with Crippen molar-refractivity contribution in [2.24, 2.45) is 0 Å². The van der Waals surface area contributed by atoms with E-state index in [1.165, 1.54) is 24.3 Å². The Balaban J connectivity index is 1.63. The third-order valence-electron chi connectivity index (χ3n) is 4.07. The molecule has 2 aromatic carbocycles. The van der Waals surface area contributed by atoms with Gasteiger partial charge in [0.1, 0.15) is 4.90 Å². The fourth-order valence-corrected chi connectivity index (χ4v) is 4.42. The number of rotatable bonds is 6. The number of sulfonamides is 1. The first kappa shape index (κ1) is 21.9. The van der Waals surface area contributed by atoms with E-state index in [4.69, 9.17) is 23.2 Å². The topological polar surface area (TPSA) is 100 Å². The zero-order valence-electron chi connectivity index (χ0n) is 15.8. The number of carbonyl (C=O) groups excluding carboxylic acids is 1. The predicted molar refractivity (Wildman–Crippen MR) is 119 cm³/mol. The molecule has 0 bridgehead atoms. The van der Waals surface area contributed by atoms with Crippen LogP contribution >= 0.6 is 23.2 Å². The molecule has 10 heteroatoms. The van der Waals surface area contributed by atoms with Crippen molar-refractivity contribution in [2.75, 3.05) is 10.0 Å². The van der Waals surface area contributed by atoms with Gasteiger partial charge in [0.15, 0.2) is 0 Å². The molecule has 0 aliphatic heterocycles. The van der Waals surface area contributed by atoms with Crippen LogP contribution in [0.3, 0.4) is 0 Å². The van der Waals surface area contributed by atoms with Crippen molar-refractivity contribution in [1.29, 1.82) is 0 Å². The van der Waals surface area contributed by atoms with Crippen molar-refractivity contribution < 1.29 is 13.2 Å². The molecule has 0 saturated carbocycles. The van der Waals surface area contributed by atoms with E-state index in [0.29, 0.717) is 28.5 Å². The van der Waals surface area contributed by atoms with Crippen molar-refractivity contribution in [3.05, 3.63) is 82.1 Å². The van der Waals surface area contributed by atoms with E-state index >= 15 is 0 Å². The Bertz CT molecular complexity index is 1150. The van der Waals surface area contributed by atoms with E-state index < -0.39 is 16.1 Å². The molecule has 0 spiro atoms. The highest BCUT2D eigenvalue weighted by Crippen LogP contribution is 2.29. The Hall–Kier alpha value is -2.81. The van der Waals surface area contributed by atoms with Crippen molar-refractivity contribution >= 4 is 50.6 Å². The lowest BCUT2D eigenvalue weighted by molar-refractivity contribution is 0.251. The van der Waals surface area contributed by atoms with Crippen LogP contribution in [0.2, 0.25) is 10.0 Å². The van der Waals surface area contributed by atoms with E-state index in [-0.39, 0.29) is 9.92 Å². The van der Waals surface area contributed by atoms with Crippen molar-refractivity contribution in [2.45, 2.75) is 18.4 Å². The van der Waals surface area contributed by atoms with Gasteiger partial charge in [-0.1, -0.05) is 29.3 Å². The summed E-state index contributed by atoms with van der Waals surface area (Å²) in [4.78, 5) is 15.9. The number of pyridine rings is 1. The molecule has 3 N–H and O–H groups in total. The van der Waals surface area contributed by atoms with Gasteiger partial charge in [-0.25, -0.2) is 13.2 Å². The molecule has 7 nitrogen and oxygen atoms in total. The molecule has 0 radical (unpaired) electrons. The van der Waals surface area contributed by atoms with Crippen LogP contribution in [0.15, 0.2) is 65.8 Å². The van der Waals surface area contributed by atoms with Crippen LogP contribution in [-0.2, 0) is 16.6 Å². The largest absolute Gasteiger partial charge is 0.334 e. The molecule has 0 aliphatic rings. The average molecular weight is 465 g/mol. The SMILES string of the molecule is Cc1cc(S(=O)(=O)Nc2ccc(NC(=O)NCc3cccnc3)cc2)c(Cl)cc1Cl. The van der Waals surface area contributed by atoms with Crippen molar-refractivity contribution in [1.82, 2.24) is 10.3 Å². The molecule has 0 saturated heterocycles. The fourth-order valence-electron chi connectivity index (χ4n) is 2.53. The number of aromatic nitrogens is 1. The first-order chi connectivity index (χ1) is 14.2.